The number of hydrogen-bond acceptors (Lipinski definition) is 5. The molecule has 17 heavy (non-hydrogen) atoms. The average molecular weight is 269 g/mol. The standard InChI is InChI=1S/C10H11N3O2S2/c1-10(2,6-12)7-13-17(14,15)9-4-3-8(5-11)16-9/h3-4,13H,7H2,1-2H3. The van der Waals surface area contributed by atoms with Crippen LogP contribution in [0.5, 0.6) is 0 Å². The fourth-order valence-corrected chi connectivity index (χ4v) is 3.27. The topological polar surface area (TPSA) is 93.8 Å². The molecule has 0 aliphatic rings. The molecule has 1 rings (SSSR count). The molecule has 1 heterocycles. The van der Waals surface area contributed by atoms with E-state index in [4.69, 9.17) is 10.5 Å². The lowest BCUT2D eigenvalue weighted by atomic mass is 9.97. The Labute approximate surface area is 104 Å². The lowest BCUT2D eigenvalue weighted by Gasteiger charge is -2.15. The second-order valence-corrected chi connectivity index (χ2v) is 7.13. The summed E-state index contributed by atoms with van der Waals surface area (Å²) in [6, 6.07) is 6.72. The summed E-state index contributed by atoms with van der Waals surface area (Å²) in [6.45, 7) is 3.32. The maximum atomic E-state index is 11.8. The molecule has 0 amide bonds. The van der Waals surface area contributed by atoms with Gasteiger partial charge >= 0.3 is 0 Å². The molecule has 0 atom stereocenters. The van der Waals surface area contributed by atoms with E-state index in [2.05, 4.69) is 4.72 Å². The molecule has 0 saturated carbocycles. The molecule has 0 aromatic carbocycles. The molecule has 0 fully saturated rings. The van der Waals surface area contributed by atoms with Crippen LogP contribution in [0.1, 0.15) is 18.7 Å². The third kappa shape index (κ3) is 3.53. The number of thiophene rings is 1. The Bertz CT molecular complexity index is 588. The van der Waals surface area contributed by atoms with Crippen molar-refractivity contribution in [1.29, 1.82) is 10.5 Å². The molecule has 0 unspecified atom stereocenters. The van der Waals surface area contributed by atoms with Crippen molar-refractivity contribution < 1.29 is 8.42 Å². The van der Waals surface area contributed by atoms with Gasteiger partial charge in [0.25, 0.3) is 0 Å². The minimum atomic E-state index is -3.63. The van der Waals surface area contributed by atoms with E-state index < -0.39 is 15.4 Å². The zero-order valence-corrected chi connectivity index (χ0v) is 11.0. The largest absolute Gasteiger partial charge is 0.250 e. The summed E-state index contributed by atoms with van der Waals surface area (Å²) in [5.74, 6) is 0. The number of rotatable bonds is 4. The van der Waals surface area contributed by atoms with Crippen LogP contribution in [0.3, 0.4) is 0 Å². The van der Waals surface area contributed by atoms with Crippen LogP contribution in [-0.2, 0) is 10.0 Å². The molecular weight excluding hydrogens is 258 g/mol. The van der Waals surface area contributed by atoms with Gasteiger partial charge in [-0.15, -0.1) is 11.3 Å². The molecule has 7 heteroatoms. The smallest absolute Gasteiger partial charge is 0.209 e. The van der Waals surface area contributed by atoms with Crippen LogP contribution in [0, 0.1) is 28.1 Å². The molecule has 1 N–H and O–H groups in total. The van der Waals surface area contributed by atoms with Crippen molar-refractivity contribution in [2.24, 2.45) is 5.41 Å². The lowest BCUT2D eigenvalue weighted by Crippen LogP contribution is -2.32. The molecule has 1 aromatic rings. The predicted octanol–water partition coefficient (Wildman–Crippen LogP) is 1.45. The van der Waals surface area contributed by atoms with E-state index in [1.165, 1.54) is 12.1 Å². The average Bonchev–Trinajstić information content (AvgIpc) is 2.76. The van der Waals surface area contributed by atoms with Crippen LogP contribution in [0.2, 0.25) is 0 Å². The first-order chi connectivity index (χ1) is 7.80. The Hall–Kier alpha value is -1.41. The summed E-state index contributed by atoms with van der Waals surface area (Å²) in [5, 5.41) is 17.4. The van der Waals surface area contributed by atoms with Gasteiger partial charge in [-0.25, -0.2) is 13.1 Å². The highest BCUT2D eigenvalue weighted by Crippen LogP contribution is 2.21. The van der Waals surface area contributed by atoms with Gasteiger partial charge < -0.3 is 0 Å². The predicted molar refractivity (Wildman–Crippen MR) is 63.6 cm³/mol. The van der Waals surface area contributed by atoms with E-state index in [0.717, 1.165) is 11.3 Å². The molecule has 0 aliphatic heterocycles. The van der Waals surface area contributed by atoms with Crippen molar-refractivity contribution in [3.8, 4) is 12.1 Å². The minimum Gasteiger partial charge on any atom is -0.209 e. The maximum Gasteiger partial charge on any atom is 0.250 e. The van der Waals surface area contributed by atoms with Crippen molar-refractivity contribution in [1.82, 2.24) is 4.72 Å². The van der Waals surface area contributed by atoms with Gasteiger partial charge in [-0.05, 0) is 26.0 Å². The maximum absolute atomic E-state index is 11.8. The number of nitriles is 2. The van der Waals surface area contributed by atoms with E-state index in [1.54, 1.807) is 13.8 Å². The molecule has 1 aromatic heterocycles. The van der Waals surface area contributed by atoms with Gasteiger partial charge in [0, 0.05) is 6.54 Å². The van der Waals surface area contributed by atoms with Crippen molar-refractivity contribution in [2.45, 2.75) is 18.1 Å². The molecule has 90 valence electrons. The van der Waals surface area contributed by atoms with Gasteiger partial charge in [-0.2, -0.15) is 10.5 Å². The zero-order chi connectivity index (χ0) is 13.1. The van der Waals surface area contributed by atoms with Gasteiger partial charge in [0.15, 0.2) is 0 Å². The Balaban J connectivity index is 2.85. The Morgan fingerprint density at radius 1 is 1.41 bits per heavy atom. The number of nitrogens with zero attached hydrogens (tertiary/aromatic N) is 2. The number of nitrogens with one attached hydrogen (secondary N) is 1. The third-order valence-corrected chi connectivity index (χ3v) is 4.85. The van der Waals surface area contributed by atoms with Gasteiger partial charge in [0.05, 0.1) is 11.5 Å². The van der Waals surface area contributed by atoms with Crippen LogP contribution < -0.4 is 4.72 Å². The summed E-state index contributed by atoms with van der Waals surface area (Å²) in [7, 11) is -3.63. The fraction of sp³-hybridized carbons (Fsp3) is 0.400. The van der Waals surface area contributed by atoms with Crippen LogP contribution in [0.15, 0.2) is 16.3 Å². The Morgan fingerprint density at radius 2 is 2.06 bits per heavy atom. The molecule has 0 saturated heterocycles. The summed E-state index contributed by atoms with van der Waals surface area (Å²) in [6.07, 6.45) is 0. The molecule has 0 bridgehead atoms. The quantitative estimate of drug-likeness (QED) is 0.895. The normalized spacial score (nSPS) is 11.8. The molecule has 0 radical (unpaired) electrons. The lowest BCUT2D eigenvalue weighted by molar-refractivity contribution is 0.479. The van der Waals surface area contributed by atoms with Crippen molar-refractivity contribution >= 4 is 21.4 Å². The van der Waals surface area contributed by atoms with Crippen LogP contribution in [0.25, 0.3) is 0 Å². The van der Waals surface area contributed by atoms with E-state index in [9.17, 15) is 8.42 Å². The second kappa shape index (κ2) is 4.84. The van der Waals surface area contributed by atoms with Crippen LogP contribution in [-0.4, -0.2) is 15.0 Å². The summed E-state index contributed by atoms with van der Waals surface area (Å²) in [4.78, 5) is 0.338. The molecule has 0 aliphatic carbocycles. The summed E-state index contributed by atoms with van der Waals surface area (Å²) >= 11 is 0.904. The highest BCUT2D eigenvalue weighted by atomic mass is 32.2. The molecule has 0 spiro atoms. The number of hydrogen-bond donors (Lipinski definition) is 1. The summed E-state index contributed by atoms with van der Waals surface area (Å²) in [5.41, 5.74) is -0.762. The SMILES string of the molecule is CC(C)(C#N)CNS(=O)(=O)c1ccc(C#N)s1. The van der Waals surface area contributed by atoms with Crippen molar-refractivity contribution in [2.75, 3.05) is 6.54 Å². The van der Waals surface area contributed by atoms with Crippen molar-refractivity contribution in [3.63, 3.8) is 0 Å². The monoisotopic (exact) mass is 269 g/mol. The van der Waals surface area contributed by atoms with Crippen molar-refractivity contribution in [3.05, 3.63) is 17.0 Å². The minimum absolute atomic E-state index is 0.0334. The Kier molecular flexibility index (Phi) is 3.89. The first kappa shape index (κ1) is 13.7. The van der Waals surface area contributed by atoms with E-state index in [0.29, 0.717) is 4.88 Å². The van der Waals surface area contributed by atoms with Gasteiger partial charge in [0.1, 0.15) is 15.2 Å². The highest BCUT2D eigenvalue weighted by Gasteiger charge is 2.23. The van der Waals surface area contributed by atoms with E-state index in [1.807, 2.05) is 12.1 Å². The number of sulfonamides is 1. The van der Waals surface area contributed by atoms with Crippen LogP contribution in [0.4, 0.5) is 0 Å². The first-order valence-electron chi connectivity index (χ1n) is 4.71. The van der Waals surface area contributed by atoms with Crippen LogP contribution >= 0.6 is 11.3 Å². The zero-order valence-electron chi connectivity index (χ0n) is 9.39. The molecule has 5 nitrogen and oxygen atoms in total. The summed E-state index contributed by atoms with van der Waals surface area (Å²) < 4.78 is 26.0. The van der Waals surface area contributed by atoms with Gasteiger partial charge in [-0.1, -0.05) is 0 Å². The third-order valence-electron chi connectivity index (χ3n) is 1.96. The fourth-order valence-electron chi connectivity index (χ4n) is 0.911. The van der Waals surface area contributed by atoms with E-state index in [-0.39, 0.29) is 10.8 Å². The van der Waals surface area contributed by atoms with Gasteiger partial charge in [-0.3, -0.25) is 0 Å². The Morgan fingerprint density at radius 3 is 2.53 bits per heavy atom. The highest BCUT2D eigenvalue weighted by molar-refractivity contribution is 7.91. The first-order valence-corrected chi connectivity index (χ1v) is 7.01. The van der Waals surface area contributed by atoms with Gasteiger partial charge in [0.2, 0.25) is 10.0 Å². The molecular formula is C10H11N3O2S2. The second-order valence-electron chi connectivity index (χ2n) is 4.05. The van der Waals surface area contributed by atoms with E-state index >= 15 is 0 Å².